The molecule has 0 aliphatic heterocycles. The number of nitrogen functional groups attached to an aromatic ring is 1. The fourth-order valence-electron chi connectivity index (χ4n) is 3.53. The number of amides is 1. The van der Waals surface area contributed by atoms with Gasteiger partial charge in [0.15, 0.2) is 11.8 Å². The second kappa shape index (κ2) is 11.2. The molecule has 0 saturated carbocycles. The third-order valence-electron chi connectivity index (χ3n) is 5.32. The standard InChI is InChI=1S/C24H24N6O8/c1-13(31)20(29(16-5-3-2-4-6-16)22(35)17(25)11-19(33)34)23(36)38-30-18(32)12-28(24(30)37)15-9-7-14(8-10-15)21(26)27/h2-10,12,17,20,32H,11,25H2,1H3,(H3,26,27)(H,33,34)/t17-,20-/m0/s1. The molecular formula is C24H24N6O8. The molecular weight excluding hydrogens is 500 g/mol. The summed E-state index contributed by atoms with van der Waals surface area (Å²) >= 11 is 0. The Kier molecular flexibility index (Phi) is 8.07. The van der Waals surface area contributed by atoms with Gasteiger partial charge in [-0.05, 0) is 43.3 Å². The smallest absolute Gasteiger partial charge is 0.369 e. The number of hydrogen-bond acceptors (Lipinski definition) is 9. The average molecular weight is 524 g/mol. The van der Waals surface area contributed by atoms with E-state index in [1.807, 2.05) is 0 Å². The van der Waals surface area contributed by atoms with E-state index in [-0.39, 0.29) is 21.9 Å². The van der Waals surface area contributed by atoms with Crippen LogP contribution in [0.25, 0.3) is 5.69 Å². The number of hydrogen-bond donors (Lipinski definition) is 5. The molecule has 1 amide bonds. The highest BCUT2D eigenvalue weighted by atomic mass is 16.7. The van der Waals surface area contributed by atoms with Crippen molar-refractivity contribution in [3.05, 3.63) is 76.8 Å². The molecule has 0 bridgehead atoms. The van der Waals surface area contributed by atoms with Gasteiger partial charge in [0, 0.05) is 11.3 Å². The lowest BCUT2D eigenvalue weighted by Gasteiger charge is -2.30. The number of carbonyl (C=O) groups is 4. The van der Waals surface area contributed by atoms with Gasteiger partial charge in [-0.3, -0.25) is 29.3 Å². The molecule has 0 radical (unpaired) electrons. The van der Waals surface area contributed by atoms with Gasteiger partial charge in [0.25, 0.3) is 0 Å². The first-order chi connectivity index (χ1) is 17.9. The molecule has 3 rings (SSSR count). The summed E-state index contributed by atoms with van der Waals surface area (Å²) in [6, 6.07) is 9.59. The summed E-state index contributed by atoms with van der Waals surface area (Å²) in [7, 11) is 0. The van der Waals surface area contributed by atoms with E-state index in [0.29, 0.717) is 10.5 Å². The van der Waals surface area contributed by atoms with Crippen molar-refractivity contribution in [1.29, 1.82) is 5.41 Å². The van der Waals surface area contributed by atoms with Crippen LogP contribution in [0, 0.1) is 5.41 Å². The van der Waals surface area contributed by atoms with Crippen LogP contribution < -0.4 is 26.9 Å². The van der Waals surface area contributed by atoms with E-state index >= 15 is 0 Å². The van der Waals surface area contributed by atoms with Gasteiger partial charge in [0.05, 0.1) is 24.3 Å². The second-order valence-electron chi connectivity index (χ2n) is 8.07. The Morgan fingerprint density at radius 3 is 2.21 bits per heavy atom. The largest absolute Gasteiger partial charge is 0.491 e. The molecule has 0 spiro atoms. The number of benzene rings is 2. The number of Topliss-reactive ketones (excluding diaryl/α,β-unsaturated/α-hetero) is 1. The highest BCUT2D eigenvalue weighted by Crippen LogP contribution is 2.20. The van der Waals surface area contributed by atoms with E-state index in [2.05, 4.69) is 0 Å². The molecule has 198 valence electrons. The van der Waals surface area contributed by atoms with Gasteiger partial charge in [0.2, 0.25) is 11.8 Å². The third kappa shape index (κ3) is 5.76. The molecule has 7 N–H and O–H groups in total. The Morgan fingerprint density at radius 1 is 1.08 bits per heavy atom. The molecule has 2 aromatic carbocycles. The Labute approximate surface area is 214 Å². The van der Waals surface area contributed by atoms with Crippen molar-refractivity contribution in [2.75, 3.05) is 4.90 Å². The molecule has 0 saturated heterocycles. The Hall–Kier alpha value is -5.24. The summed E-state index contributed by atoms with van der Waals surface area (Å²) in [4.78, 5) is 68.6. The Balaban J connectivity index is 1.99. The summed E-state index contributed by atoms with van der Waals surface area (Å²) in [5.41, 5.74) is 10.8. The molecule has 2 atom stereocenters. The molecule has 0 aliphatic rings. The van der Waals surface area contributed by atoms with Crippen LogP contribution in [0.1, 0.15) is 18.9 Å². The van der Waals surface area contributed by atoms with Crippen molar-refractivity contribution in [3.8, 4) is 11.6 Å². The van der Waals surface area contributed by atoms with Crippen LogP contribution in [0.3, 0.4) is 0 Å². The van der Waals surface area contributed by atoms with Crippen molar-refractivity contribution >= 4 is 35.2 Å². The average Bonchev–Trinajstić information content (AvgIpc) is 3.14. The maximum atomic E-state index is 13.2. The van der Waals surface area contributed by atoms with Gasteiger partial charge in [0.1, 0.15) is 5.84 Å². The molecule has 38 heavy (non-hydrogen) atoms. The quantitative estimate of drug-likeness (QED) is 0.128. The number of imidazole rings is 1. The minimum atomic E-state index is -1.98. The molecule has 0 aliphatic carbocycles. The van der Waals surface area contributed by atoms with Crippen LogP contribution in [0.5, 0.6) is 5.88 Å². The normalized spacial score (nSPS) is 12.3. The predicted octanol–water partition coefficient (Wildman–Crippen LogP) is -0.623. The van der Waals surface area contributed by atoms with Crippen LogP contribution in [-0.4, -0.2) is 61.1 Å². The first-order valence-electron chi connectivity index (χ1n) is 11.0. The SMILES string of the molecule is CC(=O)[C@@H](C(=O)On1c(O)cn(-c2ccc(C(=N)N)cc2)c1=O)N(C(=O)[C@@H](N)CC(=O)O)c1ccccc1. The molecule has 1 heterocycles. The number of anilines is 1. The van der Waals surface area contributed by atoms with E-state index in [0.717, 1.165) is 17.7 Å². The maximum absolute atomic E-state index is 13.2. The molecule has 1 aromatic heterocycles. The van der Waals surface area contributed by atoms with Crippen LogP contribution in [0.15, 0.2) is 65.6 Å². The van der Waals surface area contributed by atoms with E-state index in [9.17, 15) is 29.1 Å². The molecule has 14 nitrogen and oxygen atoms in total. The van der Waals surface area contributed by atoms with Crippen molar-refractivity contribution in [2.45, 2.75) is 25.4 Å². The third-order valence-corrected chi connectivity index (χ3v) is 5.32. The van der Waals surface area contributed by atoms with Crippen molar-refractivity contribution in [1.82, 2.24) is 9.30 Å². The molecule has 14 heteroatoms. The number of rotatable bonds is 10. The number of nitrogens with two attached hydrogens (primary N) is 2. The summed E-state index contributed by atoms with van der Waals surface area (Å²) < 4.78 is 1.15. The summed E-state index contributed by atoms with van der Waals surface area (Å²) in [6.07, 6.45) is 0.164. The summed E-state index contributed by atoms with van der Waals surface area (Å²) in [5.74, 6) is -5.75. The van der Waals surface area contributed by atoms with Crippen LogP contribution in [0.2, 0.25) is 0 Å². The van der Waals surface area contributed by atoms with Crippen LogP contribution in [0.4, 0.5) is 5.69 Å². The number of carbonyl (C=O) groups excluding carboxylic acids is 3. The minimum absolute atomic E-state index is 0.0372. The number of nitrogens with zero attached hydrogens (tertiary/aromatic N) is 3. The second-order valence-corrected chi connectivity index (χ2v) is 8.07. The topological polar surface area (TPSA) is 224 Å². The lowest BCUT2D eigenvalue weighted by atomic mass is 10.1. The fraction of sp³-hybridized carbons (Fsp3) is 0.167. The number of carboxylic acids is 1. The number of aromatic hydroxyl groups is 1. The van der Waals surface area contributed by atoms with Gasteiger partial charge >= 0.3 is 17.6 Å². The highest BCUT2D eigenvalue weighted by molar-refractivity contribution is 6.13. The molecule has 3 aromatic rings. The van der Waals surface area contributed by atoms with E-state index in [1.165, 1.54) is 48.5 Å². The first kappa shape index (κ1) is 27.3. The number of amidine groups is 1. The van der Waals surface area contributed by atoms with Gasteiger partial charge < -0.3 is 26.5 Å². The fourth-order valence-corrected chi connectivity index (χ4v) is 3.53. The molecule has 0 fully saturated rings. The van der Waals surface area contributed by atoms with E-state index in [4.69, 9.17) is 26.8 Å². The first-order valence-corrected chi connectivity index (χ1v) is 11.0. The molecule has 0 unspecified atom stereocenters. The van der Waals surface area contributed by atoms with Gasteiger partial charge in [-0.25, -0.2) is 9.59 Å². The van der Waals surface area contributed by atoms with Crippen molar-refractivity contribution < 1.29 is 34.2 Å². The zero-order chi connectivity index (χ0) is 28.1. The van der Waals surface area contributed by atoms with Crippen molar-refractivity contribution in [3.63, 3.8) is 0 Å². The monoisotopic (exact) mass is 524 g/mol. The van der Waals surface area contributed by atoms with E-state index in [1.54, 1.807) is 6.07 Å². The minimum Gasteiger partial charge on any atom is -0.491 e. The Bertz CT molecular complexity index is 1440. The van der Waals surface area contributed by atoms with Gasteiger partial charge in [-0.1, -0.05) is 22.9 Å². The number of aliphatic carboxylic acids is 1. The highest BCUT2D eigenvalue weighted by Gasteiger charge is 2.39. The lowest BCUT2D eigenvalue weighted by Crippen LogP contribution is -2.57. The van der Waals surface area contributed by atoms with Crippen LogP contribution in [-0.2, 0) is 19.2 Å². The number of nitrogens with one attached hydrogen (secondary N) is 1. The predicted molar refractivity (Wildman–Crippen MR) is 133 cm³/mol. The number of para-hydroxylation sites is 1. The van der Waals surface area contributed by atoms with Crippen LogP contribution >= 0.6 is 0 Å². The Morgan fingerprint density at radius 2 is 1.68 bits per heavy atom. The zero-order valence-corrected chi connectivity index (χ0v) is 20.0. The van der Waals surface area contributed by atoms with Crippen molar-refractivity contribution in [2.24, 2.45) is 11.5 Å². The summed E-state index contributed by atoms with van der Waals surface area (Å²) in [5, 5.41) is 26.8. The number of aromatic nitrogens is 2. The van der Waals surface area contributed by atoms with Gasteiger partial charge in [-0.15, -0.1) is 0 Å². The number of carboxylic acid groups (broad SMARTS) is 1. The lowest BCUT2D eigenvalue weighted by molar-refractivity contribution is -0.150. The van der Waals surface area contributed by atoms with Gasteiger partial charge in [-0.2, -0.15) is 0 Å². The van der Waals surface area contributed by atoms with E-state index < -0.39 is 53.7 Å². The summed E-state index contributed by atoms with van der Waals surface area (Å²) in [6.45, 7) is 0.988. The zero-order valence-electron chi connectivity index (χ0n) is 20.0. The number of ketones is 1. The maximum Gasteiger partial charge on any atom is 0.369 e.